The maximum Gasteiger partial charge on any atom is 0.0645 e. The van der Waals surface area contributed by atoms with Gasteiger partial charge in [0.1, 0.15) is 0 Å². The quantitative estimate of drug-likeness (QED) is 0.824. The van der Waals surface area contributed by atoms with Crippen molar-refractivity contribution in [2.45, 2.75) is 31.7 Å². The van der Waals surface area contributed by atoms with Crippen LogP contribution in [0.5, 0.6) is 0 Å². The first kappa shape index (κ1) is 16.1. The van der Waals surface area contributed by atoms with Gasteiger partial charge < -0.3 is 10.4 Å². The van der Waals surface area contributed by atoms with Gasteiger partial charge in [-0.15, -0.1) is 0 Å². The summed E-state index contributed by atoms with van der Waals surface area (Å²) in [6.45, 7) is 5.09. The summed E-state index contributed by atoms with van der Waals surface area (Å²) in [7, 11) is 0. The van der Waals surface area contributed by atoms with Crippen molar-refractivity contribution in [3.8, 4) is 5.69 Å². The molecule has 0 aliphatic carbocycles. The van der Waals surface area contributed by atoms with E-state index < -0.39 is 0 Å². The molecule has 0 aliphatic heterocycles. The Morgan fingerprint density at radius 3 is 2.67 bits per heavy atom. The second kappa shape index (κ2) is 7.64. The van der Waals surface area contributed by atoms with Crippen molar-refractivity contribution >= 4 is 11.8 Å². The zero-order valence-electron chi connectivity index (χ0n) is 12.8. The fourth-order valence-electron chi connectivity index (χ4n) is 2.22. The Hall–Kier alpha value is -1.30. The lowest BCUT2D eigenvalue weighted by Gasteiger charge is -2.21. The van der Waals surface area contributed by atoms with Crippen molar-refractivity contribution in [2.75, 3.05) is 12.9 Å². The van der Waals surface area contributed by atoms with Crippen molar-refractivity contribution in [2.24, 2.45) is 0 Å². The number of aromatic nitrogens is 2. The SMILES string of the molecule is CSC(CO)C(C)NCc1cn(-c2ccccc2)nc1C. The lowest BCUT2D eigenvalue weighted by molar-refractivity contribution is 0.276. The van der Waals surface area contributed by atoms with Crippen LogP contribution in [-0.4, -0.2) is 39.0 Å². The fourth-order valence-corrected chi connectivity index (χ4v) is 2.87. The van der Waals surface area contributed by atoms with Crippen LogP contribution >= 0.6 is 11.8 Å². The summed E-state index contributed by atoms with van der Waals surface area (Å²) in [5.74, 6) is 0. The topological polar surface area (TPSA) is 50.1 Å². The number of hydrogen-bond donors (Lipinski definition) is 2. The number of thioether (sulfide) groups is 1. The van der Waals surface area contributed by atoms with Crippen LogP contribution in [0.2, 0.25) is 0 Å². The van der Waals surface area contributed by atoms with Gasteiger partial charge in [-0.05, 0) is 32.2 Å². The van der Waals surface area contributed by atoms with Crippen LogP contribution in [0.15, 0.2) is 36.5 Å². The Morgan fingerprint density at radius 1 is 1.33 bits per heavy atom. The molecule has 0 aliphatic rings. The minimum absolute atomic E-state index is 0.192. The van der Waals surface area contributed by atoms with Gasteiger partial charge >= 0.3 is 0 Å². The first-order chi connectivity index (χ1) is 10.2. The molecule has 2 N–H and O–H groups in total. The first-order valence-corrected chi connectivity index (χ1v) is 8.42. The zero-order valence-corrected chi connectivity index (χ0v) is 13.6. The standard InChI is InChI=1S/C16H23N3OS/c1-12-14(9-17-13(2)16(11-20)21-3)10-19(18-12)15-7-5-4-6-8-15/h4-8,10,13,16-17,20H,9,11H2,1-3H3. The van der Waals surface area contributed by atoms with Crippen LogP contribution in [0, 0.1) is 6.92 Å². The average molecular weight is 305 g/mol. The minimum Gasteiger partial charge on any atom is -0.395 e. The maximum absolute atomic E-state index is 9.32. The van der Waals surface area contributed by atoms with Crippen LogP contribution in [0.4, 0.5) is 0 Å². The molecule has 4 nitrogen and oxygen atoms in total. The van der Waals surface area contributed by atoms with E-state index in [9.17, 15) is 5.11 Å². The molecule has 0 saturated heterocycles. The van der Waals surface area contributed by atoms with Gasteiger partial charge in [0.2, 0.25) is 0 Å². The van der Waals surface area contributed by atoms with Gasteiger partial charge in [0, 0.05) is 29.6 Å². The minimum atomic E-state index is 0.192. The number of benzene rings is 1. The Morgan fingerprint density at radius 2 is 2.05 bits per heavy atom. The highest BCUT2D eigenvalue weighted by atomic mass is 32.2. The Bertz CT molecular complexity index is 552. The van der Waals surface area contributed by atoms with Crippen molar-refractivity contribution in [3.05, 3.63) is 47.8 Å². The van der Waals surface area contributed by atoms with Gasteiger partial charge in [-0.2, -0.15) is 16.9 Å². The predicted molar refractivity (Wildman–Crippen MR) is 89.0 cm³/mol. The van der Waals surface area contributed by atoms with Crippen LogP contribution in [0.25, 0.3) is 5.69 Å². The summed E-state index contributed by atoms with van der Waals surface area (Å²) in [5, 5.41) is 17.6. The molecule has 0 saturated carbocycles. The molecule has 1 aromatic carbocycles. The molecule has 0 amide bonds. The van der Waals surface area contributed by atoms with Gasteiger partial charge in [-0.1, -0.05) is 18.2 Å². The molecule has 0 radical (unpaired) electrons. The Kier molecular flexibility index (Phi) is 5.85. The van der Waals surface area contributed by atoms with Crippen LogP contribution < -0.4 is 5.32 Å². The summed E-state index contributed by atoms with van der Waals surface area (Å²) in [5.41, 5.74) is 3.28. The predicted octanol–water partition coefficient (Wildman–Crippen LogP) is 2.38. The highest BCUT2D eigenvalue weighted by Crippen LogP contribution is 2.14. The largest absolute Gasteiger partial charge is 0.395 e. The number of hydrogen-bond acceptors (Lipinski definition) is 4. The second-order valence-corrected chi connectivity index (χ2v) is 6.22. The van der Waals surface area contributed by atoms with E-state index in [0.717, 1.165) is 17.9 Å². The number of rotatable bonds is 7. The van der Waals surface area contributed by atoms with E-state index in [1.54, 1.807) is 11.8 Å². The molecule has 21 heavy (non-hydrogen) atoms. The molecule has 2 aromatic rings. The second-order valence-electron chi connectivity index (χ2n) is 5.15. The summed E-state index contributed by atoms with van der Waals surface area (Å²) in [6.07, 6.45) is 4.09. The highest BCUT2D eigenvalue weighted by Gasteiger charge is 2.15. The number of aliphatic hydroxyl groups excluding tert-OH is 1. The summed E-state index contributed by atoms with van der Waals surface area (Å²) in [6, 6.07) is 10.4. The highest BCUT2D eigenvalue weighted by molar-refractivity contribution is 7.99. The number of aliphatic hydroxyl groups is 1. The van der Waals surface area contributed by atoms with Crippen LogP contribution in [0.1, 0.15) is 18.2 Å². The number of para-hydroxylation sites is 1. The van der Waals surface area contributed by atoms with E-state index in [4.69, 9.17) is 0 Å². The van der Waals surface area contributed by atoms with E-state index in [0.29, 0.717) is 0 Å². The Balaban J connectivity index is 2.03. The fraction of sp³-hybridized carbons (Fsp3) is 0.438. The summed E-state index contributed by atoms with van der Waals surface area (Å²) >= 11 is 1.69. The third-order valence-corrected chi connectivity index (χ3v) is 4.84. The van der Waals surface area contributed by atoms with Crippen molar-refractivity contribution < 1.29 is 5.11 Å². The number of aryl methyl sites for hydroxylation is 1. The zero-order chi connectivity index (χ0) is 15.2. The molecule has 0 spiro atoms. The van der Waals surface area contributed by atoms with Crippen LogP contribution in [0.3, 0.4) is 0 Å². The number of nitrogens with zero attached hydrogens (tertiary/aromatic N) is 2. The van der Waals surface area contributed by atoms with Gasteiger partial charge in [-0.25, -0.2) is 4.68 Å². The monoisotopic (exact) mass is 305 g/mol. The summed E-state index contributed by atoms with van der Waals surface area (Å²) in [4.78, 5) is 0. The molecule has 2 unspecified atom stereocenters. The molecule has 1 heterocycles. The summed E-state index contributed by atoms with van der Waals surface area (Å²) < 4.78 is 1.91. The third kappa shape index (κ3) is 4.09. The first-order valence-electron chi connectivity index (χ1n) is 7.13. The molecular weight excluding hydrogens is 282 g/mol. The van der Waals surface area contributed by atoms with Crippen molar-refractivity contribution in [1.29, 1.82) is 0 Å². The van der Waals surface area contributed by atoms with E-state index in [2.05, 4.69) is 23.5 Å². The molecule has 114 valence electrons. The Labute approximate surface area is 130 Å². The van der Waals surface area contributed by atoms with Gasteiger partial charge in [0.15, 0.2) is 0 Å². The third-order valence-electron chi connectivity index (χ3n) is 3.68. The van der Waals surface area contributed by atoms with E-state index in [1.165, 1.54) is 5.56 Å². The normalized spacial score (nSPS) is 14.1. The van der Waals surface area contributed by atoms with Crippen molar-refractivity contribution in [3.63, 3.8) is 0 Å². The van der Waals surface area contributed by atoms with Crippen molar-refractivity contribution in [1.82, 2.24) is 15.1 Å². The van der Waals surface area contributed by atoms with E-state index in [1.807, 2.05) is 48.2 Å². The molecule has 1 aromatic heterocycles. The van der Waals surface area contributed by atoms with Crippen LogP contribution in [-0.2, 0) is 6.54 Å². The van der Waals surface area contributed by atoms with E-state index >= 15 is 0 Å². The molecule has 2 rings (SSSR count). The molecule has 0 bridgehead atoms. The van der Waals surface area contributed by atoms with E-state index in [-0.39, 0.29) is 17.9 Å². The molecular formula is C16H23N3OS. The maximum atomic E-state index is 9.32. The smallest absolute Gasteiger partial charge is 0.0645 e. The molecule has 5 heteroatoms. The lowest BCUT2D eigenvalue weighted by Crippen LogP contribution is -2.37. The van der Waals surface area contributed by atoms with Gasteiger partial charge in [0.05, 0.1) is 18.0 Å². The lowest BCUT2D eigenvalue weighted by atomic mass is 10.2. The van der Waals surface area contributed by atoms with Gasteiger partial charge in [-0.3, -0.25) is 0 Å². The average Bonchev–Trinajstić information content (AvgIpc) is 2.88. The van der Waals surface area contributed by atoms with Gasteiger partial charge in [0.25, 0.3) is 0 Å². The molecule has 0 fully saturated rings. The molecule has 2 atom stereocenters. The number of nitrogens with one attached hydrogen (secondary N) is 1.